The largest absolute Gasteiger partial charge is 0.359 e. The molecule has 0 spiro atoms. The molecule has 0 bridgehead atoms. The number of nitriles is 1. The number of likely N-dealkylation sites (tertiary alicyclic amines) is 2. The molecule has 200 valence electrons. The highest BCUT2D eigenvalue weighted by atomic mass is 35.5. The molecule has 3 heterocycles. The maximum atomic E-state index is 13.7. The van der Waals surface area contributed by atoms with E-state index in [-0.39, 0.29) is 35.0 Å². The van der Waals surface area contributed by atoms with Gasteiger partial charge >= 0.3 is 0 Å². The summed E-state index contributed by atoms with van der Waals surface area (Å²) in [6, 6.07) is 11.5. The molecule has 2 saturated heterocycles. The molecule has 2 aromatic rings. The van der Waals surface area contributed by atoms with Crippen molar-refractivity contribution in [3.8, 4) is 6.07 Å². The Balaban J connectivity index is 1.29. The summed E-state index contributed by atoms with van der Waals surface area (Å²) in [5.41, 5.74) is 1.42. The Morgan fingerprint density at radius 1 is 1.11 bits per heavy atom. The lowest BCUT2D eigenvalue weighted by Crippen LogP contribution is -2.46. The van der Waals surface area contributed by atoms with Gasteiger partial charge in [0.2, 0.25) is 11.8 Å². The summed E-state index contributed by atoms with van der Waals surface area (Å²) in [4.78, 5) is 36.9. The number of carbonyl (C=O) groups excluding carboxylic acids is 2. The number of halogens is 2. The molecular weight excluding hydrogens is 521 g/mol. The number of carbonyl (C=O) groups is 2. The average molecular weight is 555 g/mol. The number of nitrogens with zero attached hydrogens (tertiary/aromatic N) is 5. The minimum absolute atomic E-state index is 0.0582. The zero-order valence-electron chi connectivity index (χ0n) is 21.9. The fraction of sp³-hybridized carbons (Fsp3) is 0.517. The van der Waals surface area contributed by atoms with Crippen molar-refractivity contribution < 1.29 is 9.59 Å². The van der Waals surface area contributed by atoms with Crippen molar-refractivity contribution >= 4 is 40.8 Å². The second kappa shape index (κ2) is 10.7. The topological polar surface area (TPSA) is 80.5 Å². The summed E-state index contributed by atoms with van der Waals surface area (Å²) in [6.45, 7) is 5.31. The first kappa shape index (κ1) is 26.8. The highest BCUT2D eigenvalue weighted by Crippen LogP contribution is 2.47. The molecule has 2 atom stereocenters. The van der Waals surface area contributed by atoms with Crippen molar-refractivity contribution in [3.63, 3.8) is 0 Å². The van der Waals surface area contributed by atoms with E-state index in [0.717, 1.165) is 24.2 Å². The Hall–Kier alpha value is -2.82. The summed E-state index contributed by atoms with van der Waals surface area (Å²) in [5, 5.41) is 10.1. The maximum Gasteiger partial charge on any atom is 0.228 e. The van der Waals surface area contributed by atoms with Gasteiger partial charge in [-0.25, -0.2) is 4.98 Å². The first-order valence-electron chi connectivity index (χ1n) is 13.3. The Morgan fingerprint density at radius 2 is 1.84 bits per heavy atom. The molecule has 38 heavy (non-hydrogen) atoms. The predicted octanol–water partition coefficient (Wildman–Crippen LogP) is 4.98. The van der Waals surface area contributed by atoms with Gasteiger partial charge in [0.15, 0.2) is 0 Å². The molecule has 7 nitrogen and oxygen atoms in total. The number of hydrogen-bond donors (Lipinski definition) is 0. The number of pyridine rings is 1. The van der Waals surface area contributed by atoms with Gasteiger partial charge in [-0.05, 0) is 55.5 Å². The van der Waals surface area contributed by atoms with E-state index in [2.05, 4.69) is 16.0 Å². The number of hydrogen-bond acceptors (Lipinski definition) is 5. The van der Waals surface area contributed by atoms with E-state index in [1.807, 2.05) is 48.0 Å². The quantitative estimate of drug-likeness (QED) is 0.504. The first-order valence-corrected chi connectivity index (χ1v) is 14.0. The third kappa shape index (κ3) is 5.48. The lowest BCUT2D eigenvalue weighted by atomic mass is 9.88. The van der Waals surface area contributed by atoms with Crippen LogP contribution in [0.1, 0.15) is 49.7 Å². The molecule has 1 aromatic carbocycles. The highest BCUT2D eigenvalue weighted by Gasteiger charge is 2.48. The maximum absolute atomic E-state index is 13.7. The molecule has 1 aliphatic carbocycles. The van der Waals surface area contributed by atoms with Gasteiger partial charge in [-0.3, -0.25) is 9.59 Å². The number of piperidine rings is 1. The van der Waals surface area contributed by atoms with E-state index in [4.69, 9.17) is 28.5 Å². The van der Waals surface area contributed by atoms with Gasteiger partial charge in [0, 0.05) is 69.1 Å². The Morgan fingerprint density at radius 3 is 2.45 bits per heavy atom. The SMILES string of the molecule is CN(C[C@@H]1CN(C(=O)C2CCN(C(=O)C3(C)CC3)CC2)C[C@H]1c1ccc(Cl)c(Cl)c1)c1ccc(C#N)cn1. The van der Waals surface area contributed by atoms with E-state index in [1.165, 1.54) is 0 Å². The standard InChI is InChI=1S/C29H33Cl2N5O2/c1-29(9-10-29)28(38)35-11-7-20(8-12-35)27(37)36-17-22(16-34(2)26-6-3-19(14-32)15-33-26)23(18-36)21-4-5-24(30)25(31)13-21/h3-6,13,15,20,22-23H,7-12,16-18H2,1-2H3/t22-,23+/m1/s1. The van der Waals surface area contributed by atoms with Crippen LogP contribution >= 0.6 is 23.2 Å². The van der Waals surface area contributed by atoms with Crippen LogP contribution in [0.3, 0.4) is 0 Å². The average Bonchev–Trinajstić information content (AvgIpc) is 3.56. The molecule has 1 aromatic heterocycles. The van der Waals surface area contributed by atoms with Crippen molar-refractivity contribution in [2.24, 2.45) is 17.3 Å². The van der Waals surface area contributed by atoms with Gasteiger partial charge in [-0.1, -0.05) is 36.2 Å². The number of amides is 2. The minimum atomic E-state index is -0.165. The Labute approximate surface area is 234 Å². The second-order valence-corrected chi connectivity index (χ2v) is 12.1. The summed E-state index contributed by atoms with van der Waals surface area (Å²) >= 11 is 12.6. The van der Waals surface area contributed by atoms with Crippen LogP contribution < -0.4 is 4.90 Å². The van der Waals surface area contributed by atoms with E-state index in [9.17, 15) is 9.59 Å². The van der Waals surface area contributed by atoms with E-state index in [0.29, 0.717) is 61.2 Å². The molecule has 0 N–H and O–H groups in total. The number of rotatable bonds is 6. The fourth-order valence-corrected chi connectivity index (χ4v) is 6.16. The van der Waals surface area contributed by atoms with Crippen LogP contribution in [0.2, 0.25) is 10.0 Å². The molecule has 3 aliphatic rings. The van der Waals surface area contributed by atoms with Crippen molar-refractivity contribution in [1.29, 1.82) is 5.26 Å². The van der Waals surface area contributed by atoms with Crippen LogP contribution in [0.25, 0.3) is 0 Å². The number of benzene rings is 1. The molecule has 5 rings (SSSR count). The fourth-order valence-electron chi connectivity index (χ4n) is 5.85. The lowest BCUT2D eigenvalue weighted by molar-refractivity contribution is -0.142. The summed E-state index contributed by atoms with van der Waals surface area (Å²) < 4.78 is 0. The van der Waals surface area contributed by atoms with Gasteiger partial charge < -0.3 is 14.7 Å². The van der Waals surface area contributed by atoms with Gasteiger partial charge in [0.25, 0.3) is 0 Å². The van der Waals surface area contributed by atoms with Crippen molar-refractivity contribution in [2.45, 2.75) is 38.5 Å². The molecule has 2 aliphatic heterocycles. The van der Waals surface area contributed by atoms with Gasteiger partial charge in [0.1, 0.15) is 11.9 Å². The highest BCUT2D eigenvalue weighted by molar-refractivity contribution is 6.42. The van der Waals surface area contributed by atoms with Gasteiger partial charge in [-0.15, -0.1) is 0 Å². The van der Waals surface area contributed by atoms with Crippen LogP contribution in [0.5, 0.6) is 0 Å². The van der Waals surface area contributed by atoms with E-state index in [1.54, 1.807) is 12.3 Å². The van der Waals surface area contributed by atoms with Crippen molar-refractivity contribution in [3.05, 3.63) is 57.7 Å². The second-order valence-electron chi connectivity index (χ2n) is 11.3. The van der Waals surface area contributed by atoms with Crippen LogP contribution in [0, 0.1) is 28.6 Å². The van der Waals surface area contributed by atoms with Crippen molar-refractivity contribution in [2.75, 3.05) is 44.7 Å². The summed E-state index contributed by atoms with van der Waals surface area (Å²) in [5.74, 6) is 1.42. The number of anilines is 1. The van der Waals surface area contributed by atoms with Crippen LogP contribution in [-0.2, 0) is 9.59 Å². The minimum Gasteiger partial charge on any atom is -0.359 e. The van der Waals surface area contributed by atoms with Crippen molar-refractivity contribution in [1.82, 2.24) is 14.8 Å². The molecule has 9 heteroatoms. The zero-order valence-corrected chi connectivity index (χ0v) is 23.4. The smallest absolute Gasteiger partial charge is 0.228 e. The Bertz CT molecular complexity index is 1250. The molecular formula is C29H33Cl2N5O2. The van der Waals surface area contributed by atoms with Gasteiger partial charge in [0.05, 0.1) is 15.6 Å². The summed E-state index contributed by atoms with van der Waals surface area (Å²) in [7, 11) is 1.98. The zero-order chi connectivity index (χ0) is 27.0. The third-order valence-corrected chi connectivity index (χ3v) is 9.29. The van der Waals surface area contributed by atoms with Crippen LogP contribution in [0.4, 0.5) is 5.82 Å². The van der Waals surface area contributed by atoms with Crippen LogP contribution in [0.15, 0.2) is 36.5 Å². The van der Waals surface area contributed by atoms with Crippen LogP contribution in [-0.4, -0.2) is 66.4 Å². The normalized spacial score (nSPS) is 22.7. The first-order chi connectivity index (χ1) is 18.2. The monoisotopic (exact) mass is 553 g/mol. The molecule has 0 radical (unpaired) electrons. The molecule has 2 amide bonds. The van der Waals surface area contributed by atoms with Gasteiger partial charge in [-0.2, -0.15) is 5.26 Å². The molecule has 3 fully saturated rings. The lowest BCUT2D eigenvalue weighted by Gasteiger charge is -2.34. The number of aromatic nitrogens is 1. The summed E-state index contributed by atoms with van der Waals surface area (Å²) in [6.07, 6.45) is 4.96. The third-order valence-electron chi connectivity index (χ3n) is 8.55. The van der Waals surface area contributed by atoms with E-state index >= 15 is 0 Å². The molecule has 1 saturated carbocycles. The molecule has 0 unspecified atom stereocenters. The Kier molecular flexibility index (Phi) is 7.57. The van der Waals surface area contributed by atoms with E-state index < -0.39 is 0 Å². The predicted molar refractivity (Wildman–Crippen MR) is 148 cm³/mol.